The van der Waals surface area contributed by atoms with Crippen molar-refractivity contribution in [3.05, 3.63) is 35.4 Å². The monoisotopic (exact) mass is 236 g/mol. The summed E-state index contributed by atoms with van der Waals surface area (Å²) in [7, 11) is 0. The molecule has 0 atom stereocenters. The molecule has 0 fully saturated rings. The topological polar surface area (TPSA) is 68.3 Å². The molecule has 0 amide bonds. The van der Waals surface area contributed by atoms with E-state index in [1.807, 2.05) is 24.3 Å². The SMILES string of the molecule is CCCOCCOCc1ccccc1C(=N)N. The van der Waals surface area contributed by atoms with Crippen molar-refractivity contribution in [2.75, 3.05) is 19.8 Å². The lowest BCUT2D eigenvalue weighted by molar-refractivity contribution is 0.0408. The van der Waals surface area contributed by atoms with Crippen molar-refractivity contribution in [1.82, 2.24) is 0 Å². The molecule has 1 rings (SSSR count). The summed E-state index contributed by atoms with van der Waals surface area (Å²) >= 11 is 0. The first-order valence-electron chi connectivity index (χ1n) is 5.83. The first-order chi connectivity index (χ1) is 8.25. The molecule has 0 saturated carbocycles. The van der Waals surface area contributed by atoms with E-state index < -0.39 is 0 Å². The molecule has 1 aromatic rings. The molecule has 0 aliphatic heterocycles. The molecule has 0 bridgehead atoms. The molecule has 94 valence electrons. The summed E-state index contributed by atoms with van der Waals surface area (Å²) in [5.74, 6) is 0.0754. The molecule has 0 saturated heterocycles. The molecule has 0 radical (unpaired) electrons. The molecule has 0 aliphatic carbocycles. The van der Waals surface area contributed by atoms with Crippen molar-refractivity contribution in [3.63, 3.8) is 0 Å². The van der Waals surface area contributed by atoms with Crippen LogP contribution in [0.1, 0.15) is 24.5 Å². The molecule has 0 aromatic heterocycles. The van der Waals surface area contributed by atoms with E-state index in [-0.39, 0.29) is 5.84 Å². The number of benzene rings is 1. The Morgan fingerprint density at radius 3 is 2.59 bits per heavy atom. The molecule has 0 spiro atoms. The van der Waals surface area contributed by atoms with Gasteiger partial charge in [-0.1, -0.05) is 31.2 Å². The number of hydrogen-bond acceptors (Lipinski definition) is 3. The number of nitrogens with two attached hydrogens (primary N) is 1. The predicted molar refractivity (Wildman–Crippen MR) is 68.2 cm³/mol. The lowest BCUT2D eigenvalue weighted by atomic mass is 10.1. The van der Waals surface area contributed by atoms with Gasteiger partial charge >= 0.3 is 0 Å². The van der Waals surface area contributed by atoms with Crippen LogP contribution in [0.25, 0.3) is 0 Å². The molecule has 0 heterocycles. The molecule has 0 aliphatic rings. The average Bonchev–Trinajstić information content (AvgIpc) is 2.34. The third kappa shape index (κ3) is 4.97. The van der Waals surface area contributed by atoms with Crippen molar-refractivity contribution in [1.29, 1.82) is 5.41 Å². The standard InChI is InChI=1S/C13H20N2O2/c1-2-7-16-8-9-17-10-11-5-3-4-6-12(11)13(14)15/h3-6H,2,7-10H2,1H3,(H3,14,15). The van der Waals surface area contributed by atoms with E-state index in [0.717, 1.165) is 24.2 Å². The largest absolute Gasteiger partial charge is 0.384 e. The Hall–Kier alpha value is -1.39. The van der Waals surface area contributed by atoms with Gasteiger partial charge in [0.2, 0.25) is 0 Å². The number of rotatable bonds is 8. The van der Waals surface area contributed by atoms with Crippen LogP contribution in [0, 0.1) is 5.41 Å². The van der Waals surface area contributed by atoms with Crippen molar-refractivity contribution >= 4 is 5.84 Å². The maximum Gasteiger partial charge on any atom is 0.123 e. The fraction of sp³-hybridized carbons (Fsp3) is 0.462. The zero-order valence-corrected chi connectivity index (χ0v) is 10.2. The minimum absolute atomic E-state index is 0.0754. The number of hydrogen-bond donors (Lipinski definition) is 2. The first kappa shape index (κ1) is 13.7. The Morgan fingerprint density at radius 2 is 1.88 bits per heavy atom. The molecule has 0 unspecified atom stereocenters. The molecule has 17 heavy (non-hydrogen) atoms. The van der Waals surface area contributed by atoms with Crippen LogP contribution in [0.5, 0.6) is 0 Å². The summed E-state index contributed by atoms with van der Waals surface area (Å²) in [6.07, 6.45) is 1.02. The van der Waals surface area contributed by atoms with E-state index in [2.05, 4.69) is 6.92 Å². The Labute approximate surface area is 102 Å². The lowest BCUT2D eigenvalue weighted by Gasteiger charge is -2.09. The van der Waals surface area contributed by atoms with Crippen molar-refractivity contribution in [2.24, 2.45) is 5.73 Å². The normalized spacial score (nSPS) is 10.4. The van der Waals surface area contributed by atoms with Gasteiger partial charge in [0.15, 0.2) is 0 Å². The Kier molecular flexibility index (Phi) is 6.29. The summed E-state index contributed by atoms with van der Waals surface area (Å²) in [6, 6.07) is 7.53. The molecule has 1 aromatic carbocycles. The van der Waals surface area contributed by atoms with E-state index in [0.29, 0.717) is 19.8 Å². The van der Waals surface area contributed by atoms with E-state index in [1.165, 1.54) is 0 Å². The van der Waals surface area contributed by atoms with Crippen molar-refractivity contribution in [2.45, 2.75) is 20.0 Å². The van der Waals surface area contributed by atoms with Crippen LogP contribution in [0.4, 0.5) is 0 Å². The fourth-order valence-electron chi connectivity index (χ4n) is 1.46. The van der Waals surface area contributed by atoms with Gasteiger partial charge in [0.1, 0.15) is 5.84 Å². The number of nitrogen functional groups attached to an aromatic ring is 1. The van der Waals surface area contributed by atoms with Gasteiger partial charge < -0.3 is 15.2 Å². The minimum atomic E-state index is 0.0754. The molecular weight excluding hydrogens is 216 g/mol. The number of nitrogens with one attached hydrogen (secondary N) is 1. The van der Waals surface area contributed by atoms with Crippen LogP contribution in [-0.2, 0) is 16.1 Å². The third-order valence-corrected chi connectivity index (χ3v) is 2.29. The summed E-state index contributed by atoms with van der Waals surface area (Å²) in [4.78, 5) is 0. The molecule has 4 nitrogen and oxygen atoms in total. The zero-order chi connectivity index (χ0) is 12.5. The highest BCUT2D eigenvalue weighted by atomic mass is 16.5. The zero-order valence-electron chi connectivity index (χ0n) is 10.2. The van der Waals surface area contributed by atoms with Gasteiger partial charge in [-0.2, -0.15) is 0 Å². The van der Waals surface area contributed by atoms with E-state index in [1.54, 1.807) is 0 Å². The molecular formula is C13H20N2O2. The highest BCUT2D eigenvalue weighted by Crippen LogP contribution is 2.09. The van der Waals surface area contributed by atoms with Gasteiger partial charge in [0, 0.05) is 12.2 Å². The summed E-state index contributed by atoms with van der Waals surface area (Å²) in [6.45, 7) is 4.48. The van der Waals surface area contributed by atoms with Crippen LogP contribution in [-0.4, -0.2) is 25.7 Å². The summed E-state index contributed by atoms with van der Waals surface area (Å²) in [5, 5.41) is 7.45. The van der Waals surface area contributed by atoms with Crippen LogP contribution in [0.15, 0.2) is 24.3 Å². The second-order valence-corrected chi connectivity index (χ2v) is 3.74. The third-order valence-electron chi connectivity index (χ3n) is 2.29. The van der Waals surface area contributed by atoms with E-state index in [4.69, 9.17) is 20.6 Å². The van der Waals surface area contributed by atoms with Gasteiger partial charge in [-0.15, -0.1) is 0 Å². The van der Waals surface area contributed by atoms with Gasteiger partial charge in [-0.05, 0) is 12.0 Å². The Balaban J connectivity index is 2.34. The van der Waals surface area contributed by atoms with Crippen LogP contribution < -0.4 is 5.73 Å². The van der Waals surface area contributed by atoms with Gasteiger partial charge in [0.25, 0.3) is 0 Å². The molecule has 4 heteroatoms. The predicted octanol–water partition coefficient (Wildman–Crippen LogP) is 1.91. The summed E-state index contributed by atoms with van der Waals surface area (Å²) in [5.41, 5.74) is 7.17. The highest BCUT2D eigenvalue weighted by molar-refractivity contribution is 5.96. The Morgan fingerprint density at radius 1 is 1.18 bits per heavy atom. The number of ether oxygens (including phenoxy) is 2. The summed E-state index contributed by atoms with van der Waals surface area (Å²) < 4.78 is 10.8. The lowest BCUT2D eigenvalue weighted by Crippen LogP contribution is -2.14. The van der Waals surface area contributed by atoms with Crippen LogP contribution >= 0.6 is 0 Å². The average molecular weight is 236 g/mol. The quantitative estimate of drug-likeness (QED) is 0.411. The van der Waals surface area contributed by atoms with Crippen LogP contribution in [0.3, 0.4) is 0 Å². The van der Waals surface area contributed by atoms with Gasteiger partial charge in [0.05, 0.1) is 19.8 Å². The van der Waals surface area contributed by atoms with Crippen molar-refractivity contribution < 1.29 is 9.47 Å². The van der Waals surface area contributed by atoms with E-state index >= 15 is 0 Å². The number of amidine groups is 1. The fourth-order valence-corrected chi connectivity index (χ4v) is 1.46. The van der Waals surface area contributed by atoms with E-state index in [9.17, 15) is 0 Å². The Bertz CT molecular complexity index is 353. The van der Waals surface area contributed by atoms with Crippen LogP contribution in [0.2, 0.25) is 0 Å². The molecule has 3 N–H and O–H groups in total. The second-order valence-electron chi connectivity index (χ2n) is 3.74. The van der Waals surface area contributed by atoms with Gasteiger partial charge in [-0.3, -0.25) is 5.41 Å². The maximum absolute atomic E-state index is 7.45. The highest BCUT2D eigenvalue weighted by Gasteiger charge is 2.03. The van der Waals surface area contributed by atoms with Gasteiger partial charge in [-0.25, -0.2) is 0 Å². The maximum atomic E-state index is 7.45. The smallest absolute Gasteiger partial charge is 0.123 e. The second kappa shape index (κ2) is 7.81. The van der Waals surface area contributed by atoms with Crippen molar-refractivity contribution in [3.8, 4) is 0 Å². The first-order valence-corrected chi connectivity index (χ1v) is 5.83. The minimum Gasteiger partial charge on any atom is -0.384 e.